The Morgan fingerprint density at radius 2 is 1.81 bits per heavy atom. The summed E-state index contributed by atoms with van der Waals surface area (Å²) in [5, 5.41) is 0. The van der Waals surface area contributed by atoms with Crippen molar-refractivity contribution in [2.45, 2.75) is 6.42 Å². The van der Waals surface area contributed by atoms with Crippen LogP contribution >= 0.6 is 34.8 Å². The van der Waals surface area contributed by atoms with Gasteiger partial charge < -0.3 is 9.13 Å². The van der Waals surface area contributed by atoms with Crippen molar-refractivity contribution < 1.29 is 0 Å². The SMILES string of the molecule is S=c1ccccn1-c1ccc(-n2cnc(CCI)c2)cc1. The minimum atomic E-state index is 0.803. The second kappa shape index (κ2) is 6.53. The fourth-order valence-corrected chi connectivity index (χ4v) is 2.95. The molecule has 0 saturated heterocycles. The maximum Gasteiger partial charge on any atom is 0.110 e. The van der Waals surface area contributed by atoms with Crippen LogP contribution in [-0.2, 0) is 6.42 Å². The van der Waals surface area contributed by atoms with Gasteiger partial charge >= 0.3 is 0 Å². The molecule has 0 bridgehead atoms. The molecule has 3 aromatic rings. The van der Waals surface area contributed by atoms with E-state index >= 15 is 0 Å². The Labute approximate surface area is 142 Å². The molecule has 1 aromatic carbocycles. The van der Waals surface area contributed by atoms with Crippen LogP contribution in [0.4, 0.5) is 0 Å². The zero-order valence-corrected chi connectivity index (χ0v) is 14.3. The molecule has 3 rings (SSSR count). The van der Waals surface area contributed by atoms with Crippen LogP contribution in [-0.4, -0.2) is 18.5 Å². The molecule has 0 unspecified atom stereocenters. The van der Waals surface area contributed by atoms with Gasteiger partial charge in [-0.1, -0.05) is 40.9 Å². The molecule has 0 amide bonds. The monoisotopic (exact) mass is 407 g/mol. The summed E-state index contributed by atoms with van der Waals surface area (Å²) in [5.74, 6) is 0. The minimum absolute atomic E-state index is 0.803. The second-order valence-corrected chi connectivity index (χ2v) is 6.13. The summed E-state index contributed by atoms with van der Waals surface area (Å²) in [6, 6.07) is 14.2. The predicted octanol–water partition coefficient (Wildman–Crippen LogP) is 4.37. The van der Waals surface area contributed by atoms with Crippen molar-refractivity contribution in [3.8, 4) is 11.4 Å². The molecule has 21 heavy (non-hydrogen) atoms. The number of hydrogen-bond acceptors (Lipinski definition) is 2. The molecule has 0 aliphatic carbocycles. The molecular weight excluding hydrogens is 393 g/mol. The van der Waals surface area contributed by atoms with Crippen molar-refractivity contribution in [3.63, 3.8) is 0 Å². The van der Waals surface area contributed by atoms with Crippen LogP contribution < -0.4 is 0 Å². The van der Waals surface area contributed by atoms with Crippen LogP contribution in [0, 0.1) is 4.64 Å². The molecule has 0 fully saturated rings. The number of benzene rings is 1. The van der Waals surface area contributed by atoms with Crippen LogP contribution in [0.25, 0.3) is 11.4 Å². The van der Waals surface area contributed by atoms with E-state index in [0.29, 0.717) is 0 Å². The summed E-state index contributed by atoms with van der Waals surface area (Å²) < 4.78 is 5.93. The predicted molar refractivity (Wildman–Crippen MR) is 96.3 cm³/mol. The van der Waals surface area contributed by atoms with Crippen LogP contribution in [0.15, 0.2) is 61.2 Å². The third-order valence-electron chi connectivity index (χ3n) is 3.24. The van der Waals surface area contributed by atoms with E-state index in [1.54, 1.807) is 0 Å². The highest BCUT2D eigenvalue weighted by Crippen LogP contribution is 2.14. The summed E-state index contributed by atoms with van der Waals surface area (Å²) in [4.78, 5) is 4.41. The average molecular weight is 407 g/mol. The van der Waals surface area contributed by atoms with E-state index in [4.69, 9.17) is 12.2 Å². The van der Waals surface area contributed by atoms with Gasteiger partial charge in [-0.2, -0.15) is 0 Å². The Bertz CT molecular complexity index is 790. The van der Waals surface area contributed by atoms with Crippen molar-refractivity contribution >= 4 is 34.8 Å². The molecule has 0 aliphatic rings. The molecule has 5 heteroatoms. The maximum atomic E-state index is 5.34. The third-order valence-corrected chi connectivity index (χ3v) is 4.11. The summed E-state index contributed by atoms with van der Waals surface area (Å²) in [7, 11) is 0. The van der Waals surface area contributed by atoms with E-state index in [2.05, 4.69) is 62.6 Å². The summed E-state index contributed by atoms with van der Waals surface area (Å²) >= 11 is 7.71. The molecule has 0 aliphatic heterocycles. The van der Waals surface area contributed by atoms with Gasteiger partial charge in [0, 0.05) is 34.6 Å². The molecular formula is C16H14IN3S. The lowest BCUT2D eigenvalue weighted by atomic mass is 10.2. The summed E-state index contributed by atoms with van der Waals surface area (Å²) in [6.45, 7) is 0. The number of aryl methyl sites for hydroxylation is 1. The van der Waals surface area contributed by atoms with Gasteiger partial charge in [0.25, 0.3) is 0 Å². The van der Waals surface area contributed by atoms with Crippen molar-refractivity contribution in [1.29, 1.82) is 0 Å². The minimum Gasteiger partial charge on any atom is -0.308 e. The molecule has 2 heterocycles. The van der Waals surface area contributed by atoms with Crippen LogP contribution in [0.3, 0.4) is 0 Å². The zero-order valence-electron chi connectivity index (χ0n) is 11.3. The first-order chi connectivity index (χ1) is 10.3. The van der Waals surface area contributed by atoms with Gasteiger partial charge in [-0.25, -0.2) is 4.98 Å². The molecule has 0 atom stereocenters. The largest absolute Gasteiger partial charge is 0.308 e. The first-order valence-corrected chi connectivity index (χ1v) is 8.58. The van der Waals surface area contributed by atoms with Gasteiger partial charge in [0.1, 0.15) is 4.64 Å². The highest BCUT2D eigenvalue weighted by Gasteiger charge is 2.01. The molecule has 0 N–H and O–H groups in total. The first-order valence-electron chi connectivity index (χ1n) is 6.65. The van der Waals surface area contributed by atoms with Gasteiger partial charge in [-0.15, -0.1) is 0 Å². The standard InChI is InChI=1S/C16H14IN3S/c17-9-8-13-11-19(12-18-13)14-4-6-15(7-5-14)20-10-2-1-3-16(20)21/h1-7,10-12H,8-9H2. The number of halogens is 1. The van der Waals surface area contributed by atoms with Crippen LogP contribution in [0.1, 0.15) is 5.69 Å². The highest BCUT2D eigenvalue weighted by molar-refractivity contribution is 14.1. The number of alkyl halides is 1. The lowest BCUT2D eigenvalue weighted by Crippen LogP contribution is -1.96. The lowest BCUT2D eigenvalue weighted by molar-refractivity contribution is 1.01. The number of hydrogen-bond donors (Lipinski definition) is 0. The Morgan fingerprint density at radius 1 is 1.05 bits per heavy atom. The fraction of sp³-hybridized carbons (Fsp3) is 0.125. The molecule has 3 nitrogen and oxygen atoms in total. The number of nitrogens with zero attached hydrogens (tertiary/aromatic N) is 3. The average Bonchev–Trinajstić information content (AvgIpc) is 2.97. The van der Waals surface area contributed by atoms with Crippen molar-refractivity contribution in [3.05, 3.63) is 71.5 Å². The molecule has 0 saturated carbocycles. The van der Waals surface area contributed by atoms with Crippen LogP contribution in [0.2, 0.25) is 0 Å². The lowest BCUT2D eigenvalue weighted by Gasteiger charge is -2.08. The molecule has 2 aromatic heterocycles. The zero-order chi connectivity index (χ0) is 14.7. The summed E-state index contributed by atoms with van der Waals surface area (Å²) in [5.41, 5.74) is 3.30. The van der Waals surface area contributed by atoms with Gasteiger partial charge in [-0.3, -0.25) is 0 Å². The maximum absolute atomic E-state index is 5.34. The number of imidazole rings is 1. The Kier molecular flexibility index (Phi) is 4.50. The first kappa shape index (κ1) is 14.5. The second-order valence-electron chi connectivity index (χ2n) is 4.64. The Hall–Kier alpha value is -1.47. The molecule has 0 radical (unpaired) electrons. The van der Waals surface area contributed by atoms with Gasteiger partial charge in [0.15, 0.2) is 0 Å². The van der Waals surface area contributed by atoms with E-state index in [1.165, 1.54) is 0 Å². The topological polar surface area (TPSA) is 22.8 Å². The fourth-order valence-electron chi connectivity index (χ4n) is 2.16. The van der Waals surface area contributed by atoms with Crippen molar-refractivity contribution in [2.24, 2.45) is 0 Å². The van der Waals surface area contributed by atoms with E-state index < -0.39 is 0 Å². The van der Waals surface area contributed by atoms with E-state index in [9.17, 15) is 0 Å². The number of aromatic nitrogens is 3. The van der Waals surface area contributed by atoms with Gasteiger partial charge in [0.2, 0.25) is 0 Å². The van der Waals surface area contributed by atoms with E-state index in [1.807, 2.05) is 35.3 Å². The van der Waals surface area contributed by atoms with Gasteiger partial charge in [-0.05, 0) is 36.4 Å². The van der Waals surface area contributed by atoms with Gasteiger partial charge in [0.05, 0.1) is 12.0 Å². The Morgan fingerprint density at radius 3 is 2.52 bits per heavy atom. The van der Waals surface area contributed by atoms with Crippen LogP contribution in [0.5, 0.6) is 0 Å². The third kappa shape index (κ3) is 3.24. The quantitative estimate of drug-likeness (QED) is 0.364. The van der Waals surface area contributed by atoms with E-state index in [0.717, 1.165) is 32.6 Å². The smallest absolute Gasteiger partial charge is 0.110 e. The normalized spacial score (nSPS) is 10.7. The molecule has 106 valence electrons. The number of pyridine rings is 1. The van der Waals surface area contributed by atoms with Crippen molar-refractivity contribution in [1.82, 2.24) is 14.1 Å². The highest BCUT2D eigenvalue weighted by atomic mass is 127. The summed E-state index contributed by atoms with van der Waals surface area (Å²) in [6.07, 6.45) is 6.94. The molecule has 0 spiro atoms. The van der Waals surface area contributed by atoms with E-state index in [-0.39, 0.29) is 0 Å². The number of rotatable bonds is 4. The Balaban J connectivity index is 1.90. The van der Waals surface area contributed by atoms with Crippen molar-refractivity contribution in [2.75, 3.05) is 4.43 Å².